The lowest BCUT2D eigenvalue weighted by molar-refractivity contribution is -0.148. The molecule has 2 atom stereocenters. The molecule has 1 aromatic heterocycles. The molecule has 23 heavy (non-hydrogen) atoms. The fraction of sp³-hybridized carbons (Fsp3) is 0.429. The van der Waals surface area contributed by atoms with Crippen LogP contribution in [0.2, 0.25) is 0 Å². The minimum absolute atomic E-state index is 0.0777. The highest BCUT2D eigenvalue weighted by Crippen LogP contribution is 2.17. The Morgan fingerprint density at radius 3 is 2.30 bits per heavy atom. The van der Waals surface area contributed by atoms with Crippen LogP contribution in [0.15, 0.2) is 16.5 Å². The van der Waals surface area contributed by atoms with Gasteiger partial charge in [-0.15, -0.1) is 0 Å². The Bertz CT molecular complexity index is 548. The van der Waals surface area contributed by atoms with Crippen molar-refractivity contribution in [3.05, 3.63) is 23.7 Å². The molecule has 0 saturated carbocycles. The van der Waals surface area contributed by atoms with Gasteiger partial charge in [0.1, 0.15) is 24.2 Å². The Hall–Kier alpha value is -2.84. The van der Waals surface area contributed by atoms with E-state index in [1.54, 1.807) is 6.07 Å². The highest BCUT2D eigenvalue weighted by molar-refractivity contribution is 5.77. The monoisotopic (exact) mass is 328 g/mol. The number of hydrogen-bond donors (Lipinski definition) is 2. The van der Waals surface area contributed by atoms with Gasteiger partial charge in [-0.3, -0.25) is 19.2 Å². The van der Waals surface area contributed by atoms with E-state index in [-0.39, 0.29) is 32.4 Å². The number of rotatable bonds is 12. The zero-order chi connectivity index (χ0) is 17.2. The third-order valence-corrected chi connectivity index (χ3v) is 2.96. The fourth-order valence-electron chi connectivity index (χ4n) is 1.94. The lowest BCUT2D eigenvalue weighted by Gasteiger charge is -2.12. The van der Waals surface area contributed by atoms with Crippen LogP contribution < -0.4 is 0 Å². The maximum absolute atomic E-state index is 11.0. The molecule has 9 heteroatoms. The molecule has 2 unspecified atom stereocenters. The highest BCUT2D eigenvalue weighted by Gasteiger charge is 2.23. The molecule has 1 aromatic rings. The van der Waals surface area contributed by atoms with Crippen molar-refractivity contribution < 1.29 is 43.3 Å². The molecular formula is C14H16O9. The third kappa shape index (κ3) is 6.64. The second kappa shape index (κ2) is 9.23. The minimum Gasteiger partial charge on any atom is -0.481 e. The Labute approximate surface area is 130 Å². The number of hydrogen-bond acceptors (Lipinski definition) is 7. The van der Waals surface area contributed by atoms with Gasteiger partial charge in [0, 0.05) is 12.8 Å². The van der Waals surface area contributed by atoms with Crippen molar-refractivity contribution in [2.24, 2.45) is 5.92 Å². The Kier molecular flexibility index (Phi) is 7.31. The van der Waals surface area contributed by atoms with Gasteiger partial charge in [-0.05, 0) is 12.1 Å². The molecule has 9 nitrogen and oxygen atoms in total. The Morgan fingerprint density at radius 1 is 1.13 bits per heavy atom. The SMILES string of the molecule is O=COCC(Cc1ccc(CC(CC(=O)O)C(=O)O)o1)OC=O. The largest absolute Gasteiger partial charge is 0.481 e. The first-order valence-electron chi connectivity index (χ1n) is 6.62. The molecule has 126 valence electrons. The van der Waals surface area contributed by atoms with Crippen molar-refractivity contribution in [3.8, 4) is 0 Å². The summed E-state index contributed by atoms with van der Waals surface area (Å²) in [7, 11) is 0. The lowest BCUT2D eigenvalue weighted by Crippen LogP contribution is -2.21. The molecule has 0 fully saturated rings. The van der Waals surface area contributed by atoms with Crippen LogP contribution in [-0.4, -0.2) is 47.8 Å². The van der Waals surface area contributed by atoms with E-state index in [1.165, 1.54) is 6.07 Å². The van der Waals surface area contributed by atoms with Crippen molar-refractivity contribution in [3.63, 3.8) is 0 Å². The predicted octanol–water partition coefficient (Wildman–Crippen LogP) is 0.255. The van der Waals surface area contributed by atoms with E-state index < -0.39 is 30.4 Å². The summed E-state index contributed by atoms with van der Waals surface area (Å²) in [5.41, 5.74) is 0. The van der Waals surface area contributed by atoms with E-state index >= 15 is 0 Å². The van der Waals surface area contributed by atoms with Crippen molar-refractivity contribution in [1.29, 1.82) is 0 Å². The average Bonchev–Trinajstić information content (AvgIpc) is 2.91. The van der Waals surface area contributed by atoms with Gasteiger partial charge in [0.05, 0.1) is 12.3 Å². The van der Waals surface area contributed by atoms with Crippen molar-refractivity contribution >= 4 is 24.9 Å². The highest BCUT2D eigenvalue weighted by atomic mass is 16.6. The van der Waals surface area contributed by atoms with E-state index in [0.29, 0.717) is 11.5 Å². The van der Waals surface area contributed by atoms with E-state index in [4.69, 9.17) is 19.4 Å². The molecule has 1 rings (SSSR count). The molecule has 2 N–H and O–H groups in total. The number of furan rings is 1. The first-order valence-corrected chi connectivity index (χ1v) is 6.62. The third-order valence-electron chi connectivity index (χ3n) is 2.96. The number of carbonyl (C=O) groups excluding carboxylic acids is 2. The first-order chi connectivity index (χ1) is 11.0. The number of carbonyl (C=O) groups is 4. The summed E-state index contributed by atoms with van der Waals surface area (Å²) in [6, 6.07) is 3.07. The molecular weight excluding hydrogens is 312 g/mol. The summed E-state index contributed by atoms with van der Waals surface area (Å²) in [4.78, 5) is 42.2. The van der Waals surface area contributed by atoms with Gasteiger partial charge < -0.3 is 24.1 Å². The van der Waals surface area contributed by atoms with Crippen LogP contribution in [0.5, 0.6) is 0 Å². The van der Waals surface area contributed by atoms with Gasteiger partial charge in [-0.2, -0.15) is 0 Å². The standard InChI is InChI=1S/C14H16O9/c15-7-21-6-12(22-8-16)5-11-2-1-10(23-11)3-9(14(19)20)4-13(17)18/h1-2,7-9,12H,3-6H2,(H,17,18)(H,19,20). The molecule has 0 aliphatic rings. The van der Waals surface area contributed by atoms with Crippen LogP contribution in [0.25, 0.3) is 0 Å². The lowest BCUT2D eigenvalue weighted by atomic mass is 10.0. The normalized spacial score (nSPS) is 12.9. The summed E-state index contributed by atoms with van der Waals surface area (Å²) in [5.74, 6) is -2.86. The summed E-state index contributed by atoms with van der Waals surface area (Å²) < 4.78 is 14.7. The Morgan fingerprint density at radius 2 is 1.78 bits per heavy atom. The summed E-state index contributed by atoms with van der Waals surface area (Å²) in [6.07, 6.45) is -1.20. The van der Waals surface area contributed by atoms with E-state index in [0.717, 1.165) is 0 Å². The van der Waals surface area contributed by atoms with Crippen molar-refractivity contribution in [1.82, 2.24) is 0 Å². The Balaban J connectivity index is 2.67. The van der Waals surface area contributed by atoms with Gasteiger partial charge in [-0.1, -0.05) is 0 Å². The van der Waals surface area contributed by atoms with Crippen LogP contribution in [0.4, 0.5) is 0 Å². The number of carboxylic acid groups (broad SMARTS) is 2. The van der Waals surface area contributed by atoms with E-state index in [2.05, 4.69) is 4.74 Å². The van der Waals surface area contributed by atoms with Crippen molar-refractivity contribution in [2.45, 2.75) is 25.4 Å². The summed E-state index contributed by atoms with van der Waals surface area (Å²) in [5, 5.41) is 17.7. The summed E-state index contributed by atoms with van der Waals surface area (Å²) >= 11 is 0. The van der Waals surface area contributed by atoms with Crippen LogP contribution >= 0.6 is 0 Å². The molecule has 0 spiro atoms. The number of ether oxygens (including phenoxy) is 2. The van der Waals surface area contributed by atoms with Crippen molar-refractivity contribution in [2.75, 3.05) is 6.61 Å². The zero-order valence-corrected chi connectivity index (χ0v) is 12.0. The van der Waals surface area contributed by atoms with Gasteiger partial charge in [-0.25, -0.2) is 0 Å². The molecule has 0 aromatic carbocycles. The topological polar surface area (TPSA) is 140 Å². The fourth-order valence-corrected chi connectivity index (χ4v) is 1.94. The van der Waals surface area contributed by atoms with Crippen LogP contribution in [0.1, 0.15) is 17.9 Å². The predicted molar refractivity (Wildman–Crippen MR) is 72.4 cm³/mol. The van der Waals surface area contributed by atoms with E-state index in [9.17, 15) is 19.2 Å². The van der Waals surface area contributed by atoms with Crippen LogP contribution in [0.3, 0.4) is 0 Å². The van der Waals surface area contributed by atoms with Gasteiger partial charge >= 0.3 is 11.9 Å². The smallest absolute Gasteiger partial charge is 0.307 e. The second-order valence-electron chi connectivity index (χ2n) is 4.69. The molecule has 1 heterocycles. The first kappa shape index (κ1) is 18.2. The van der Waals surface area contributed by atoms with Gasteiger partial charge in [0.2, 0.25) is 0 Å². The maximum atomic E-state index is 11.0. The van der Waals surface area contributed by atoms with Crippen LogP contribution in [0, 0.1) is 5.92 Å². The number of aliphatic carboxylic acids is 2. The molecule has 0 bridgehead atoms. The molecule has 0 amide bonds. The molecule has 0 aliphatic heterocycles. The summed E-state index contributed by atoms with van der Waals surface area (Å²) in [6.45, 7) is 0.295. The molecule has 0 radical (unpaired) electrons. The molecule has 0 saturated heterocycles. The number of carboxylic acids is 2. The molecule has 0 aliphatic carbocycles. The van der Waals surface area contributed by atoms with Gasteiger partial charge in [0.25, 0.3) is 12.9 Å². The van der Waals surface area contributed by atoms with E-state index in [1.807, 2.05) is 0 Å². The quantitative estimate of drug-likeness (QED) is 0.516. The van der Waals surface area contributed by atoms with Crippen LogP contribution in [-0.2, 0) is 41.5 Å². The second-order valence-corrected chi connectivity index (χ2v) is 4.69. The average molecular weight is 328 g/mol. The van der Waals surface area contributed by atoms with Gasteiger partial charge in [0.15, 0.2) is 0 Å². The minimum atomic E-state index is -1.23. The maximum Gasteiger partial charge on any atom is 0.307 e. The zero-order valence-electron chi connectivity index (χ0n) is 12.0.